The van der Waals surface area contributed by atoms with Crippen molar-refractivity contribution in [1.29, 1.82) is 0 Å². The van der Waals surface area contributed by atoms with Gasteiger partial charge in [0.2, 0.25) is 0 Å². The maximum Gasteiger partial charge on any atom is 0.275 e. The highest BCUT2D eigenvalue weighted by atomic mass is 35.5. The molecule has 0 spiro atoms. The van der Waals surface area contributed by atoms with Crippen LogP contribution in [0.4, 0.5) is 0 Å². The van der Waals surface area contributed by atoms with Crippen LogP contribution >= 0.6 is 11.6 Å². The summed E-state index contributed by atoms with van der Waals surface area (Å²) in [4.78, 5) is 12.5. The van der Waals surface area contributed by atoms with Crippen molar-refractivity contribution >= 4 is 34.5 Å². The molecule has 6 nitrogen and oxygen atoms in total. The number of hydrogen-bond donors (Lipinski definition) is 2. The van der Waals surface area contributed by atoms with Crippen LogP contribution in [0.5, 0.6) is 5.75 Å². The van der Waals surface area contributed by atoms with Crippen LogP contribution < -0.4 is 5.43 Å². The molecule has 0 atom stereocenters. The standard InChI is InChI=1S/C22H17ClN4O2/c1-14-19(21(23)27(26-14)17-9-3-2-4-10-17)13-24-25-22(29)18-11-15-7-5-6-8-16(15)12-20(18)28/h2-13,28H,1H3,(H,25,29)/b24-13-. The largest absolute Gasteiger partial charge is 0.507 e. The Morgan fingerprint density at radius 2 is 1.76 bits per heavy atom. The Morgan fingerprint density at radius 3 is 2.48 bits per heavy atom. The lowest BCUT2D eigenvalue weighted by Gasteiger charge is -2.05. The van der Waals surface area contributed by atoms with E-state index in [0.717, 1.165) is 16.5 Å². The molecule has 0 unspecified atom stereocenters. The Balaban J connectivity index is 1.56. The van der Waals surface area contributed by atoms with Gasteiger partial charge in [0, 0.05) is 0 Å². The molecule has 4 rings (SSSR count). The normalized spacial score (nSPS) is 11.2. The summed E-state index contributed by atoms with van der Waals surface area (Å²) in [5, 5.41) is 20.7. The average Bonchev–Trinajstić information content (AvgIpc) is 3.02. The Bertz CT molecular complexity index is 1230. The van der Waals surface area contributed by atoms with Gasteiger partial charge in [0.25, 0.3) is 5.91 Å². The number of carbonyl (C=O) groups excluding carboxylic acids is 1. The number of phenolic OH excluding ortho intramolecular Hbond substituents is 1. The van der Waals surface area contributed by atoms with E-state index in [4.69, 9.17) is 11.6 Å². The smallest absolute Gasteiger partial charge is 0.275 e. The van der Waals surface area contributed by atoms with Crippen molar-refractivity contribution in [3.63, 3.8) is 0 Å². The van der Waals surface area contributed by atoms with Crippen molar-refractivity contribution in [2.75, 3.05) is 0 Å². The number of fused-ring (bicyclic) bond motifs is 1. The van der Waals surface area contributed by atoms with Crippen molar-refractivity contribution < 1.29 is 9.90 Å². The minimum Gasteiger partial charge on any atom is -0.507 e. The number of hydrogen-bond acceptors (Lipinski definition) is 4. The number of benzene rings is 3. The minimum atomic E-state index is -0.520. The number of hydrazone groups is 1. The van der Waals surface area contributed by atoms with Gasteiger partial charge in [-0.1, -0.05) is 54.1 Å². The van der Waals surface area contributed by atoms with Crippen molar-refractivity contribution in [1.82, 2.24) is 15.2 Å². The maximum atomic E-state index is 12.5. The van der Waals surface area contributed by atoms with E-state index in [-0.39, 0.29) is 11.3 Å². The number of amides is 1. The van der Waals surface area contributed by atoms with Crippen LogP contribution in [-0.2, 0) is 0 Å². The summed E-state index contributed by atoms with van der Waals surface area (Å²) >= 11 is 6.44. The van der Waals surface area contributed by atoms with Crippen molar-refractivity contribution in [2.24, 2.45) is 5.10 Å². The number of aromatic nitrogens is 2. The van der Waals surface area contributed by atoms with E-state index < -0.39 is 5.91 Å². The lowest BCUT2D eigenvalue weighted by atomic mass is 10.1. The van der Waals surface area contributed by atoms with Gasteiger partial charge < -0.3 is 5.11 Å². The highest BCUT2D eigenvalue weighted by Gasteiger charge is 2.14. The second kappa shape index (κ2) is 7.77. The molecule has 0 aliphatic rings. The number of nitrogens with one attached hydrogen (secondary N) is 1. The molecule has 1 aromatic heterocycles. The predicted octanol–water partition coefficient (Wildman–Crippen LogP) is 4.46. The quantitative estimate of drug-likeness (QED) is 0.389. The topological polar surface area (TPSA) is 79.5 Å². The van der Waals surface area contributed by atoms with E-state index in [1.54, 1.807) is 16.8 Å². The fraction of sp³-hybridized carbons (Fsp3) is 0.0455. The molecule has 3 aromatic carbocycles. The monoisotopic (exact) mass is 404 g/mol. The minimum absolute atomic E-state index is 0.109. The second-order valence-electron chi connectivity index (χ2n) is 6.45. The van der Waals surface area contributed by atoms with Gasteiger partial charge in [-0.25, -0.2) is 10.1 Å². The summed E-state index contributed by atoms with van der Waals surface area (Å²) in [6.45, 7) is 1.81. The third-order valence-electron chi connectivity index (χ3n) is 4.52. The van der Waals surface area contributed by atoms with Crippen LogP contribution in [-0.4, -0.2) is 27.0 Å². The highest BCUT2D eigenvalue weighted by Crippen LogP contribution is 2.25. The van der Waals surface area contributed by atoms with Gasteiger partial charge in [0.15, 0.2) is 0 Å². The van der Waals surface area contributed by atoms with Crippen LogP contribution in [0.1, 0.15) is 21.6 Å². The number of aryl methyl sites for hydroxylation is 1. The summed E-state index contributed by atoms with van der Waals surface area (Å²) in [5.41, 5.74) is 4.67. The summed E-state index contributed by atoms with van der Waals surface area (Å²) in [5.74, 6) is -0.628. The number of nitrogens with zero attached hydrogens (tertiary/aromatic N) is 3. The van der Waals surface area contributed by atoms with Crippen molar-refractivity contribution in [3.8, 4) is 11.4 Å². The van der Waals surface area contributed by atoms with Gasteiger partial charge in [-0.05, 0) is 42.0 Å². The number of halogens is 1. The molecule has 0 aliphatic carbocycles. The average molecular weight is 405 g/mol. The molecule has 0 fully saturated rings. The Morgan fingerprint density at radius 1 is 1.10 bits per heavy atom. The lowest BCUT2D eigenvalue weighted by molar-refractivity contribution is 0.0952. The van der Waals surface area contributed by atoms with Gasteiger partial charge in [-0.15, -0.1) is 0 Å². The first-order valence-corrected chi connectivity index (χ1v) is 9.28. The number of aromatic hydroxyl groups is 1. The number of rotatable bonds is 4. The van der Waals surface area contributed by atoms with Gasteiger partial charge in [0.1, 0.15) is 10.9 Å². The van der Waals surface area contributed by atoms with E-state index in [1.807, 2.05) is 61.5 Å². The molecule has 29 heavy (non-hydrogen) atoms. The fourth-order valence-corrected chi connectivity index (χ4v) is 3.34. The zero-order valence-corrected chi connectivity index (χ0v) is 16.3. The molecular formula is C22H17ClN4O2. The highest BCUT2D eigenvalue weighted by molar-refractivity contribution is 6.32. The number of carbonyl (C=O) groups is 1. The van der Waals surface area contributed by atoms with E-state index in [9.17, 15) is 9.90 Å². The van der Waals surface area contributed by atoms with Crippen LogP contribution in [0.3, 0.4) is 0 Å². The number of para-hydroxylation sites is 1. The molecule has 1 amide bonds. The zero-order valence-electron chi connectivity index (χ0n) is 15.5. The second-order valence-corrected chi connectivity index (χ2v) is 6.81. The van der Waals surface area contributed by atoms with E-state index in [1.165, 1.54) is 6.21 Å². The lowest BCUT2D eigenvalue weighted by Crippen LogP contribution is -2.17. The molecule has 0 radical (unpaired) electrons. The molecule has 0 aliphatic heterocycles. The van der Waals surface area contributed by atoms with Gasteiger partial charge in [-0.3, -0.25) is 4.79 Å². The summed E-state index contributed by atoms with van der Waals surface area (Å²) in [6, 6.07) is 20.1. The van der Waals surface area contributed by atoms with Crippen molar-refractivity contribution in [2.45, 2.75) is 6.92 Å². The van der Waals surface area contributed by atoms with E-state index >= 15 is 0 Å². The van der Waals surface area contributed by atoms with Gasteiger partial charge in [-0.2, -0.15) is 10.2 Å². The Kier molecular flexibility index (Phi) is 5.01. The molecule has 0 saturated carbocycles. The molecular weight excluding hydrogens is 388 g/mol. The first-order chi connectivity index (χ1) is 14.0. The molecule has 7 heteroatoms. The summed E-state index contributed by atoms with van der Waals surface area (Å²) in [6.07, 6.45) is 1.44. The Labute approximate surface area is 172 Å². The molecule has 2 N–H and O–H groups in total. The molecule has 4 aromatic rings. The van der Waals surface area contributed by atoms with E-state index in [0.29, 0.717) is 16.4 Å². The Hall–Kier alpha value is -3.64. The third-order valence-corrected chi connectivity index (χ3v) is 4.88. The number of phenols is 1. The van der Waals surface area contributed by atoms with Crippen LogP contribution in [0.15, 0.2) is 71.8 Å². The first kappa shape index (κ1) is 18.7. The third kappa shape index (κ3) is 3.70. The molecule has 0 saturated heterocycles. The first-order valence-electron chi connectivity index (χ1n) is 8.90. The molecule has 144 valence electrons. The molecule has 1 heterocycles. The van der Waals surface area contributed by atoms with Crippen LogP contribution in [0.25, 0.3) is 16.5 Å². The van der Waals surface area contributed by atoms with E-state index in [2.05, 4.69) is 15.6 Å². The zero-order chi connectivity index (χ0) is 20.4. The molecule has 0 bridgehead atoms. The van der Waals surface area contributed by atoms with Gasteiger partial charge >= 0.3 is 0 Å². The predicted molar refractivity (Wildman–Crippen MR) is 114 cm³/mol. The van der Waals surface area contributed by atoms with Gasteiger partial charge in [0.05, 0.1) is 28.7 Å². The SMILES string of the molecule is Cc1nn(-c2ccccc2)c(Cl)c1/C=N\NC(=O)c1cc2ccccc2cc1O. The summed E-state index contributed by atoms with van der Waals surface area (Å²) in [7, 11) is 0. The summed E-state index contributed by atoms with van der Waals surface area (Å²) < 4.78 is 1.61. The maximum absolute atomic E-state index is 12.5. The fourth-order valence-electron chi connectivity index (χ4n) is 3.02. The van der Waals surface area contributed by atoms with Crippen molar-refractivity contribution in [3.05, 3.63) is 88.7 Å². The van der Waals surface area contributed by atoms with Crippen LogP contribution in [0.2, 0.25) is 5.15 Å². The van der Waals surface area contributed by atoms with Crippen LogP contribution in [0, 0.1) is 6.92 Å².